The van der Waals surface area contributed by atoms with Gasteiger partial charge in [0.1, 0.15) is 5.56 Å². The Balaban J connectivity index is 2.31. The van der Waals surface area contributed by atoms with Crippen LogP contribution in [0.3, 0.4) is 0 Å². The molecule has 0 fully saturated rings. The van der Waals surface area contributed by atoms with Crippen LogP contribution in [0, 0.1) is 13.8 Å². The number of aromatic nitrogens is 1. The maximum absolute atomic E-state index is 12.1. The van der Waals surface area contributed by atoms with Gasteiger partial charge in [-0.25, -0.2) is 0 Å². The van der Waals surface area contributed by atoms with Gasteiger partial charge < -0.3 is 10.3 Å². The highest BCUT2D eigenvalue weighted by Crippen LogP contribution is 2.23. The summed E-state index contributed by atoms with van der Waals surface area (Å²) in [4.78, 5) is 26.6. The van der Waals surface area contributed by atoms with Crippen molar-refractivity contribution in [2.24, 2.45) is 0 Å². The average Bonchev–Trinajstić information content (AvgIpc) is 2.33. The third-order valence-electron chi connectivity index (χ3n) is 2.67. The minimum absolute atomic E-state index is 0.0963. The Morgan fingerprint density at radius 1 is 1.26 bits per heavy atom. The number of halogens is 1. The highest BCUT2D eigenvalue weighted by atomic mass is 79.9. The Bertz CT molecular complexity index is 692. The second kappa shape index (κ2) is 5.40. The van der Waals surface area contributed by atoms with Crippen LogP contribution in [0.4, 0.5) is 5.69 Å². The number of aryl methyl sites for hydroxylation is 2. The largest absolute Gasteiger partial charge is 0.364 e. The number of carbonyl (C=O) groups excluding carboxylic acids is 1. The van der Waals surface area contributed by atoms with Gasteiger partial charge in [-0.05, 0) is 47.5 Å². The molecule has 0 radical (unpaired) electrons. The summed E-state index contributed by atoms with van der Waals surface area (Å²) >= 11 is 3.36. The fraction of sp³-hybridized carbons (Fsp3) is 0.143. The van der Waals surface area contributed by atoms with Crippen molar-refractivity contribution in [1.82, 2.24) is 4.98 Å². The summed E-state index contributed by atoms with van der Waals surface area (Å²) < 4.78 is 0.773. The highest BCUT2D eigenvalue weighted by molar-refractivity contribution is 9.10. The van der Waals surface area contributed by atoms with Gasteiger partial charge in [-0.3, -0.25) is 9.59 Å². The minimum Gasteiger partial charge on any atom is -0.364 e. The van der Waals surface area contributed by atoms with Crippen molar-refractivity contribution < 1.29 is 4.79 Å². The Kier molecular flexibility index (Phi) is 3.85. The van der Waals surface area contributed by atoms with E-state index >= 15 is 0 Å². The quantitative estimate of drug-likeness (QED) is 0.893. The monoisotopic (exact) mass is 320 g/mol. The van der Waals surface area contributed by atoms with Crippen molar-refractivity contribution in [2.75, 3.05) is 5.32 Å². The molecule has 5 heteroatoms. The van der Waals surface area contributed by atoms with Gasteiger partial charge in [-0.15, -0.1) is 0 Å². The number of H-pyrrole nitrogens is 1. The zero-order chi connectivity index (χ0) is 14.0. The van der Waals surface area contributed by atoms with Gasteiger partial charge in [0.15, 0.2) is 5.43 Å². The Morgan fingerprint density at radius 3 is 2.68 bits per heavy atom. The summed E-state index contributed by atoms with van der Waals surface area (Å²) in [6.45, 7) is 3.70. The van der Waals surface area contributed by atoms with Crippen molar-refractivity contribution in [3.8, 4) is 0 Å². The van der Waals surface area contributed by atoms with Crippen LogP contribution in [0.25, 0.3) is 0 Å². The summed E-state index contributed by atoms with van der Waals surface area (Å²) in [5.41, 5.74) is 2.19. The molecule has 0 atom stereocenters. The van der Waals surface area contributed by atoms with Crippen LogP contribution in [0.5, 0.6) is 0 Å². The number of anilines is 1. The van der Waals surface area contributed by atoms with Crippen molar-refractivity contribution in [3.63, 3.8) is 0 Å². The van der Waals surface area contributed by atoms with Crippen molar-refractivity contribution in [1.29, 1.82) is 0 Å². The molecule has 0 saturated carbocycles. The Labute approximate surface area is 119 Å². The predicted molar refractivity (Wildman–Crippen MR) is 78.6 cm³/mol. The van der Waals surface area contributed by atoms with Gasteiger partial charge in [0.05, 0.1) is 5.69 Å². The first kappa shape index (κ1) is 13.5. The molecule has 1 aromatic carbocycles. The maximum atomic E-state index is 12.1. The van der Waals surface area contributed by atoms with Gasteiger partial charge in [-0.1, -0.05) is 6.07 Å². The lowest BCUT2D eigenvalue weighted by molar-refractivity contribution is 0.102. The van der Waals surface area contributed by atoms with Gasteiger partial charge in [-0.2, -0.15) is 0 Å². The molecule has 19 heavy (non-hydrogen) atoms. The molecule has 0 aliphatic heterocycles. The van der Waals surface area contributed by atoms with Gasteiger partial charge in [0.2, 0.25) is 0 Å². The van der Waals surface area contributed by atoms with E-state index in [4.69, 9.17) is 0 Å². The van der Waals surface area contributed by atoms with Crippen LogP contribution >= 0.6 is 15.9 Å². The molecule has 2 rings (SSSR count). The molecule has 0 aliphatic rings. The summed E-state index contributed by atoms with van der Waals surface area (Å²) in [6.07, 6.45) is 1.43. The summed E-state index contributed by atoms with van der Waals surface area (Å²) in [6, 6.07) is 7.02. The third kappa shape index (κ3) is 3.12. The molecule has 1 heterocycles. The fourth-order valence-corrected chi connectivity index (χ4v) is 2.02. The molecule has 0 bridgehead atoms. The van der Waals surface area contributed by atoms with E-state index in [1.807, 2.05) is 25.1 Å². The van der Waals surface area contributed by atoms with Crippen molar-refractivity contribution in [2.45, 2.75) is 13.8 Å². The molecule has 0 unspecified atom stereocenters. The highest BCUT2D eigenvalue weighted by Gasteiger charge is 2.12. The Hall–Kier alpha value is -1.88. The first-order chi connectivity index (χ1) is 8.97. The first-order valence-electron chi connectivity index (χ1n) is 5.74. The van der Waals surface area contributed by atoms with E-state index in [1.54, 1.807) is 6.92 Å². The van der Waals surface area contributed by atoms with Gasteiger partial charge in [0, 0.05) is 22.4 Å². The fourth-order valence-electron chi connectivity index (χ4n) is 1.68. The van der Waals surface area contributed by atoms with E-state index in [2.05, 4.69) is 26.2 Å². The van der Waals surface area contributed by atoms with E-state index in [0.29, 0.717) is 5.69 Å². The SMILES string of the molecule is Cc1ccc(Br)c(NC(=O)c2c[nH]c(C)cc2=O)c1. The molecule has 2 aromatic rings. The van der Waals surface area contributed by atoms with E-state index < -0.39 is 5.91 Å². The third-order valence-corrected chi connectivity index (χ3v) is 3.36. The van der Waals surface area contributed by atoms with Gasteiger partial charge >= 0.3 is 0 Å². The summed E-state index contributed by atoms with van der Waals surface area (Å²) in [5, 5.41) is 2.72. The topological polar surface area (TPSA) is 62.0 Å². The molecule has 0 spiro atoms. The van der Waals surface area contributed by atoms with Crippen LogP contribution in [-0.4, -0.2) is 10.9 Å². The second-order valence-electron chi connectivity index (χ2n) is 4.33. The molecule has 98 valence electrons. The number of rotatable bonds is 2. The number of pyridine rings is 1. The second-order valence-corrected chi connectivity index (χ2v) is 5.19. The number of hydrogen-bond donors (Lipinski definition) is 2. The predicted octanol–water partition coefficient (Wildman–Crippen LogP) is 3.01. The molecular weight excluding hydrogens is 308 g/mol. The van der Waals surface area contributed by atoms with Crippen LogP contribution < -0.4 is 10.7 Å². The van der Waals surface area contributed by atoms with Crippen LogP contribution in [0.15, 0.2) is 39.7 Å². The lowest BCUT2D eigenvalue weighted by atomic mass is 10.2. The molecule has 4 nitrogen and oxygen atoms in total. The minimum atomic E-state index is -0.424. The molecular formula is C14H13BrN2O2. The van der Waals surface area contributed by atoms with E-state index in [1.165, 1.54) is 12.3 Å². The van der Waals surface area contributed by atoms with Crippen molar-refractivity contribution >= 4 is 27.5 Å². The van der Waals surface area contributed by atoms with Crippen molar-refractivity contribution in [3.05, 3.63) is 62.0 Å². The standard InChI is InChI=1S/C14H13BrN2O2/c1-8-3-4-11(15)12(5-8)17-14(19)10-7-16-9(2)6-13(10)18/h3-7H,1-2H3,(H,16,18)(H,17,19). The molecule has 2 N–H and O–H groups in total. The van der Waals surface area contributed by atoms with E-state index in [9.17, 15) is 9.59 Å². The van der Waals surface area contributed by atoms with Crippen LogP contribution in [0.1, 0.15) is 21.6 Å². The molecule has 1 aromatic heterocycles. The van der Waals surface area contributed by atoms with E-state index in [-0.39, 0.29) is 11.0 Å². The van der Waals surface area contributed by atoms with Crippen LogP contribution in [0.2, 0.25) is 0 Å². The number of hydrogen-bond acceptors (Lipinski definition) is 2. The maximum Gasteiger partial charge on any atom is 0.261 e. The summed E-state index contributed by atoms with van der Waals surface area (Å²) in [7, 11) is 0. The molecule has 0 aliphatic carbocycles. The Morgan fingerprint density at radius 2 is 2.00 bits per heavy atom. The number of benzene rings is 1. The van der Waals surface area contributed by atoms with Crippen LogP contribution in [-0.2, 0) is 0 Å². The normalized spacial score (nSPS) is 10.3. The number of nitrogens with one attached hydrogen (secondary N) is 2. The lowest BCUT2D eigenvalue weighted by Crippen LogP contribution is -2.21. The molecule has 0 saturated heterocycles. The van der Waals surface area contributed by atoms with E-state index in [0.717, 1.165) is 15.7 Å². The lowest BCUT2D eigenvalue weighted by Gasteiger charge is -2.08. The average molecular weight is 321 g/mol. The number of aromatic amines is 1. The smallest absolute Gasteiger partial charge is 0.261 e. The molecule has 1 amide bonds. The number of carbonyl (C=O) groups is 1. The zero-order valence-electron chi connectivity index (χ0n) is 10.6. The zero-order valence-corrected chi connectivity index (χ0v) is 12.2. The first-order valence-corrected chi connectivity index (χ1v) is 6.53. The number of amides is 1. The summed E-state index contributed by atoms with van der Waals surface area (Å²) in [5.74, 6) is -0.424. The van der Waals surface area contributed by atoms with Gasteiger partial charge in [0.25, 0.3) is 5.91 Å².